The molecule has 0 saturated carbocycles. The van der Waals surface area contributed by atoms with E-state index in [0.29, 0.717) is 18.4 Å². The predicted molar refractivity (Wildman–Crippen MR) is 104 cm³/mol. The third kappa shape index (κ3) is 8.19. The number of imidazole rings is 1. The molecule has 23 heavy (non-hydrogen) atoms. The molecular formula is C15H29IN6O. The van der Waals surface area contributed by atoms with Crippen LogP contribution in [0.3, 0.4) is 0 Å². The van der Waals surface area contributed by atoms with Crippen LogP contribution in [0.5, 0.6) is 0 Å². The molecule has 0 aliphatic rings. The van der Waals surface area contributed by atoms with E-state index in [1.165, 1.54) is 0 Å². The molecule has 1 heterocycles. The monoisotopic (exact) mass is 436 g/mol. The average Bonchev–Trinajstić information content (AvgIpc) is 2.87. The zero-order valence-electron chi connectivity index (χ0n) is 14.7. The molecule has 132 valence electrons. The second kappa shape index (κ2) is 11.3. The highest BCUT2D eigenvalue weighted by Crippen LogP contribution is 2.04. The number of carbonyl (C=O) groups excluding carboxylic acids is 1. The molecule has 0 atom stereocenters. The number of halogens is 1. The summed E-state index contributed by atoms with van der Waals surface area (Å²) in [4.78, 5) is 22.0. The molecular weight excluding hydrogens is 407 g/mol. The highest BCUT2D eigenvalue weighted by Gasteiger charge is 2.07. The summed E-state index contributed by atoms with van der Waals surface area (Å²) in [6.45, 7) is 8.70. The maximum atomic E-state index is 11.6. The van der Waals surface area contributed by atoms with Crippen LogP contribution in [0.4, 0.5) is 0 Å². The lowest BCUT2D eigenvalue weighted by Gasteiger charge is -2.14. The largest absolute Gasteiger partial charge is 0.357 e. The lowest BCUT2D eigenvalue weighted by atomic mass is 10.2. The van der Waals surface area contributed by atoms with Crippen LogP contribution in [-0.4, -0.2) is 53.5 Å². The predicted octanol–water partition coefficient (Wildman–Crippen LogP) is 1.30. The van der Waals surface area contributed by atoms with E-state index < -0.39 is 0 Å². The molecule has 0 saturated heterocycles. The van der Waals surface area contributed by atoms with Gasteiger partial charge in [-0.2, -0.15) is 0 Å². The van der Waals surface area contributed by atoms with E-state index >= 15 is 0 Å². The minimum absolute atomic E-state index is 0. The fraction of sp³-hybridized carbons (Fsp3) is 0.667. The van der Waals surface area contributed by atoms with E-state index in [1.807, 2.05) is 13.1 Å². The van der Waals surface area contributed by atoms with Gasteiger partial charge in [-0.3, -0.25) is 4.79 Å². The number of aromatic nitrogens is 2. The number of likely N-dealkylation sites (N-methyl/N-ethyl adjacent to an activating group) is 1. The van der Waals surface area contributed by atoms with Crippen LogP contribution in [0, 0.1) is 5.92 Å². The van der Waals surface area contributed by atoms with Crippen molar-refractivity contribution in [1.29, 1.82) is 0 Å². The van der Waals surface area contributed by atoms with Gasteiger partial charge in [-0.05, 0) is 12.8 Å². The number of carbonyl (C=O) groups is 1. The smallest absolute Gasteiger partial charge is 0.241 e. The van der Waals surface area contributed by atoms with Gasteiger partial charge >= 0.3 is 0 Å². The van der Waals surface area contributed by atoms with Crippen LogP contribution in [-0.2, 0) is 17.9 Å². The Morgan fingerprint density at radius 3 is 2.65 bits per heavy atom. The lowest BCUT2D eigenvalue weighted by Crippen LogP contribution is -2.42. The Balaban J connectivity index is 0.00000484. The van der Waals surface area contributed by atoms with E-state index in [9.17, 15) is 4.79 Å². The second-order valence-electron chi connectivity index (χ2n) is 5.73. The third-order valence-electron chi connectivity index (χ3n) is 2.99. The fourth-order valence-electron chi connectivity index (χ4n) is 1.86. The van der Waals surface area contributed by atoms with Gasteiger partial charge in [-0.25, -0.2) is 9.98 Å². The summed E-state index contributed by atoms with van der Waals surface area (Å²) in [6.07, 6.45) is 3.77. The molecule has 0 bridgehead atoms. The Labute approximate surface area is 156 Å². The van der Waals surface area contributed by atoms with Crippen molar-refractivity contribution in [3.05, 3.63) is 18.2 Å². The first-order valence-electron chi connectivity index (χ1n) is 7.66. The number of nitrogens with one attached hydrogen (secondary N) is 2. The molecule has 0 unspecified atom stereocenters. The van der Waals surface area contributed by atoms with Gasteiger partial charge in [-0.1, -0.05) is 13.8 Å². The van der Waals surface area contributed by atoms with Gasteiger partial charge in [0.25, 0.3) is 0 Å². The number of rotatable bonds is 7. The summed E-state index contributed by atoms with van der Waals surface area (Å²) in [5.41, 5.74) is 0. The Hall–Kier alpha value is -1.32. The first-order chi connectivity index (χ1) is 10.4. The average molecular weight is 436 g/mol. The number of guanidine groups is 1. The van der Waals surface area contributed by atoms with Crippen molar-refractivity contribution >= 4 is 35.8 Å². The van der Waals surface area contributed by atoms with E-state index in [2.05, 4.69) is 39.0 Å². The summed E-state index contributed by atoms with van der Waals surface area (Å²) in [5.74, 6) is 2.11. The summed E-state index contributed by atoms with van der Waals surface area (Å²) < 4.78 is 2.11. The fourth-order valence-corrected chi connectivity index (χ4v) is 1.86. The van der Waals surface area contributed by atoms with Crippen LogP contribution in [0.25, 0.3) is 0 Å². The quantitative estimate of drug-likeness (QED) is 0.384. The van der Waals surface area contributed by atoms with Gasteiger partial charge in [0, 0.05) is 39.6 Å². The SMILES string of the molecule is CCNC(=NCc1nccn1CC(C)C)NCC(=O)N(C)C.I. The van der Waals surface area contributed by atoms with Crippen molar-refractivity contribution in [3.63, 3.8) is 0 Å². The maximum absolute atomic E-state index is 11.6. The molecule has 1 rings (SSSR count). The summed E-state index contributed by atoms with van der Waals surface area (Å²) >= 11 is 0. The third-order valence-corrected chi connectivity index (χ3v) is 2.99. The first kappa shape index (κ1) is 21.7. The van der Waals surface area contributed by atoms with E-state index in [-0.39, 0.29) is 36.4 Å². The van der Waals surface area contributed by atoms with Gasteiger partial charge in [0.1, 0.15) is 12.4 Å². The summed E-state index contributed by atoms with van der Waals surface area (Å²) in [5, 5.41) is 6.17. The topological polar surface area (TPSA) is 74.5 Å². The van der Waals surface area contributed by atoms with Crippen molar-refractivity contribution in [2.75, 3.05) is 27.2 Å². The lowest BCUT2D eigenvalue weighted by molar-refractivity contribution is -0.127. The van der Waals surface area contributed by atoms with Gasteiger partial charge in [-0.15, -0.1) is 24.0 Å². The molecule has 8 heteroatoms. The van der Waals surface area contributed by atoms with E-state index in [4.69, 9.17) is 0 Å². The van der Waals surface area contributed by atoms with Crippen LogP contribution in [0.15, 0.2) is 17.4 Å². The Bertz CT molecular complexity index is 498. The molecule has 0 aliphatic heterocycles. The number of aliphatic imine (C=N–C) groups is 1. The minimum Gasteiger partial charge on any atom is -0.357 e. The molecule has 0 aromatic carbocycles. The molecule has 0 aliphatic carbocycles. The molecule has 7 nitrogen and oxygen atoms in total. The van der Waals surface area contributed by atoms with Crippen molar-refractivity contribution in [1.82, 2.24) is 25.1 Å². The standard InChI is InChI=1S/C15H28N6O.HI/c1-6-16-15(19-10-14(22)20(4)5)18-9-13-17-7-8-21(13)11-12(2)3;/h7-8,12H,6,9-11H2,1-5H3,(H2,16,18,19);1H. The van der Waals surface area contributed by atoms with E-state index in [1.54, 1.807) is 25.2 Å². The summed E-state index contributed by atoms with van der Waals surface area (Å²) in [7, 11) is 3.47. The van der Waals surface area contributed by atoms with Crippen LogP contribution < -0.4 is 10.6 Å². The van der Waals surface area contributed by atoms with Gasteiger partial charge in [0.2, 0.25) is 5.91 Å². The van der Waals surface area contributed by atoms with Crippen molar-refractivity contribution in [3.8, 4) is 0 Å². The minimum atomic E-state index is 0. The highest BCUT2D eigenvalue weighted by molar-refractivity contribution is 14.0. The van der Waals surface area contributed by atoms with Crippen molar-refractivity contribution < 1.29 is 4.79 Å². The first-order valence-corrected chi connectivity index (χ1v) is 7.66. The zero-order valence-corrected chi connectivity index (χ0v) is 17.0. The zero-order chi connectivity index (χ0) is 16.5. The normalized spacial score (nSPS) is 11.1. The Kier molecular flexibility index (Phi) is 10.6. The number of hydrogen-bond donors (Lipinski definition) is 2. The highest BCUT2D eigenvalue weighted by atomic mass is 127. The molecule has 1 amide bonds. The molecule has 1 aromatic heterocycles. The van der Waals surface area contributed by atoms with Crippen LogP contribution in [0.2, 0.25) is 0 Å². The number of nitrogens with zero attached hydrogens (tertiary/aromatic N) is 4. The molecule has 1 aromatic rings. The molecule has 2 N–H and O–H groups in total. The van der Waals surface area contributed by atoms with Crippen molar-refractivity contribution in [2.45, 2.75) is 33.9 Å². The second-order valence-corrected chi connectivity index (χ2v) is 5.73. The molecule has 0 fully saturated rings. The van der Waals surface area contributed by atoms with E-state index in [0.717, 1.165) is 18.9 Å². The van der Waals surface area contributed by atoms with Crippen molar-refractivity contribution in [2.24, 2.45) is 10.9 Å². The van der Waals surface area contributed by atoms with Gasteiger partial charge < -0.3 is 20.1 Å². The number of amides is 1. The van der Waals surface area contributed by atoms with Crippen LogP contribution in [0.1, 0.15) is 26.6 Å². The Morgan fingerprint density at radius 2 is 2.09 bits per heavy atom. The van der Waals surface area contributed by atoms with Gasteiger partial charge in [0.15, 0.2) is 5.96 Å². The Morgan fingerprint density at radius 1 is 1.39 bits per heavy atom. The summed E-state index contributed by atoms with van der Waals surface area (Å²) in [6, 6.07) is 0. The molecule has 0 spiro atoms. The van der Waals surface area contributed by atoms with Crippen LogP contribution >= 0.6 is 24.0 Å². The molecule has 0 radical (unpaired) electrons. The maximum Gasteiger partial charge on any atom is 0.241 e. The number of hydrogen-bond acceptors (Lipinski definition) is 3. The van der Waals surface area contributed by atoms with Gasteiger partial charge in [0.05, 0.1) is 6.54 Å².